The number of aromatic nitrogens is 2. The third kappa shape index (κ3) is 1.61. The van der Waals surface area contributed by atoms with E-state index in [2.05, 4.69) is 55.8 Å². The zero-order valence-corrected chi connectivity index (χ0v) is 10.9. The number of imidazole rings is 1. The van der Waals surface area contributed by atoms with Crippen LogP contribution in [0.2, 0.25) is 0 Å². The molecule has 0 atom stereocenters. The van der Waals surface area contributed by atoms with Crippen molar-refractivity contribution in [3.63, 3.8) is 0 Å². The Morgan fingerprint density at radius 2 is 1.72 bits per heavy atom. The van der Waals surface area contributed by atoms with Gasteiger partial charge in [-0.1, -0.05) is 24.3 Å². The van der Waals surface area contributed by atoms with Crippen molar-refractivity contribution in [3.05, 3.63) is 53.6 Å². The maximum atomic E-state index is 4.72. The number of hydrogen-bond acceptors (Lipinski definition) is 1. The van der Waals surface area contributed by atoms with Gasteiger partial charge in [0.25, 0.3) is 0 Å². The van der Waals surface area contributed by atoms with Gasteiger partial charge in [-0.25, -0.2) is 4.98 Å². The van der Waals surface area contributed by atoms with E-state index in [1.54, 1.807) is 0 Å². The minimum absolute atomic E-state index is 1.03. The van der Waals surface area contributed by atoms with E-state index in [0.717, 1.165) is 11.3 Å². The highest BCUT2D eigenvalue weighted by Gasteiger charge is 2.09. The molecule has 3 rings (SSSR count). The van der Waals surface area contributed by atoms with Gasteiger partial charge in [-0.2, -0.15) is 0 Å². The van der Waals surface area contributed by atoms with E-state index in [1.165, 1.54) is 22.2 Å². The van der Waals surface area contributed by atoms with Crippen molar-refractivity contribution < 1.29 is 0 Å². The molecule has 0 spiro atoms. The summed E-state index contributed by atoms with van der Waals surface area (Å²) in [4.78, 5) is 4.72. The number of fused-ring (bicyclic) bond motifs is 1. The molecule has 2 heteroatoms. The molecule has 18 heavy (non-hydrogen) atoms. The van der Waals surface area contributed by atoms with Gasteiger partial charge in [-0.3, -0.25) is 0 Å². The Hall–Kier alpha value is -2.09. The van der Waals surface area contributed by atoms with Crippen LogP contribution in [0.3, 0.4) is 0 Å². The Bertz CT molecular complexity index is 723. The Kier molecular flexibility index (Phi) is 2.44. The monoisotopic (exact) mass is 236 g/mol. The van der Waals surface area contributed by atoms with Crippen molar-refractivity contribution >= 4 is 11.0 Å². The SMILES string of the molecule is Cc1ccc(-c2nc3ccccc3n2C)cc1C. The van der Waals surface area contributed by atoms with E-state index < -0.39 is 0 Å². The summed E-state index contributed by atoms with van der Waals surface area (Å²) in [6, 6.07) is 14.7. The molecule has 0 bridgehead atoms. The molecule has 0 saturated carbocycles. The van der Waals surface area contributed by atoms with Crippen molar-refractivity contribution in [1.82, 2.24) is 9.55 Å². The first kappa shape index (κ1) is 11.0. The second kappa shape index (κ2) is 3.98. The Morgan fingerprint density at radius 1 is 0.944 bits per heavy atom. The maximum Gasteiger partial charge on any atom is 0.140 e. The molecule has 0 saturated heterocycles. The third-order valence-corrected chi connectivity index (χ3v) is 3.55. The van der Waals surface area contributed by atoms with Gasteiger partial charge in [0, 0.05) is 12.6 Å². The molecule has 0 fully saturated rings. The molecule has 0 aliphatic heterocycles. The van der Waals surface area contributed by atoms with E-state index in [-0.39, 0.29) is 0 Å². The van der Waals surface area contributed by atoms with Gasteiger partial charge in [-0.15, -0.1) is 0 Å². The number of aryl methyl sites for hydroxylation is 3. The van der Waals surface area contributed by atoms with Crippen LogP contribution in [-0.4, -0.2) is 9.55 Å². The highest BCUT2D eigenvalue weighted by Crippen LogP contribution is 2.25. The summed E-state index contributed by atoms with van der Waals surface area (Å²) >= 11 is 0. The molecule has 0 radical (unpaired) electrons. The molecule has 0 amide bonds. The molecule has 0 aliphatic rings. The number of benzene rings is 2. The summed E-state index contributed by atoms with van der Waals surface area (Å²) < 4.78 is 2.15. The summed E-state index contributed by atoms with van der Waals surface area (Å²) in [6.07, 6.45) is 0. The molecule has 1 heterocycles. The lowest BCUT2D eigenvalue weighted by Gasteiger charge is -2.05. The van der Waals surface area contributed by atoms with Gasteiger partial charge >= 0.3 is 0 Å². The van der Waals surface area contributed by atoms with Crippen molar-refractivity contribution in [3.8, 4) is 11.4 Å². The summed E-state index contributed by atoms with van der Waals surface area (Å²) in [5.41, 5.74) is 6.02. The zero-order chi connectivity index (χ0) is 12.7. The van der Waals surface area contributed by atoms with E-state index >= 15 is 0 Å². The fourth-order valence-electron chi connectivity index (χ4n) is 2.28. The lowest BCUT2D eigenvalue weighted by Crippen LogP contribution is -1.93. The highest BCUT2D eigenvalue weighted by molar-refractivity contribution is 5.80. The van der Waals surface area contributed by atoms with Crippen LogP contribution in [0.5, 0.6) is 0 Å². The van der Waals surface area contributed by atoms with Crippen LogP contribution >= 0.6 is 0 Å². The van der Waals surface area contributed by atoms with Crippen LogP contribution in [-0.2, 0) is 7.05 Å². The Balaban J connectivity index is 2.25. The first-order valence-electron chi connectivity index (χ1n) is 6.16. The van der Waals surface area contributed by atoms with E-state index in [9.17, 15) is 0 Å². The first-order valence-corrected chi connectivity index (χ1v) is 6.16. The number of nitrogens with zero attached hydrogens (tertiary/aromatic N) is 2. The smallest absolute Gasteiger partial charge is 0.140 e. The maximum absolute atomic E-state index is 4.72. The van der Waals surface area contributed by atoms with Gasteiger partial charge < -0.3 is 4.57 Å². The van der Waals surface area contributed by atoms with Crippen molar-refractivity contribution in [2.45, 2.75) is 13.8 Å². The van der Waals surface area contributed by atoms with Gasteiger partial charge in [0.1, 0.15) is 5.82 Å². The standard InChI is InChI=1S/C16H16N2/c1-11-8-9-13(10-12(11)2)16-17-14-6-4-5-7-15(14)18(16)3/h4-10H,1-3H3. The Morgan fingerprint density at radius 3 is 2.44 bits per heavy atom. The summed E-state index contributed by atoms with van der Waals surface area (Å²) in [7, 11) is 2.07. The molecular formula is C16H16N2. The van der Waals surface area contributed by atoms with Crippen LogP contribution in [0.1, 0.15) is 11.1 Å². The van der Waals surface area contributed by atoms with Crippen molar-refractivity contribution in [1.29, 1.82) is 0 Å². The molecule has 2 nitrogen and oxygen atoms in total. The molecule has 3 aromatic rings. The van der Waals surface area contributed by atoms with Crippen molar-refractivity contribution in [2.75, 3.05) is 0 Å². The average molecular weight is 236 g/mol. The van der Waals surface area contributed by atoms with Crippen LogP contribution in [0.15, 0.2) is 42.5 Å². The van der Waals surface area contributed by atoms with Crippen LogP contribution in [0.25, 0.3) is 22.4 Å². The zero-order valence-electron chi connectivity index (χ0n) is 10.9. The second-order valence-electron chi connectivity index (χ2n) is 4.78. The summed E-state index contributed by atoms with van der Waals surface area (Å²) in [6.45, 7) is 4.27. The van der Waals surface area contributed by atoms with E-state index in [0.29, 0.717) is 0 Å². The lowest BCUT2D eigenvalue weighted by atomic mass is 10.1. The summed E-state index contributed by atoms with van der Waals surface area (Å²) in [5, 5.41) is 0. The quantitative estimate of drug-likeness (QED) is 0.627. The molecule has 0 N–H and O–H groups in total. The van der Waals surface area contributed by atoms with Crippen LogP contribution in [0, 0.1) is 13.8 Å². The minimum atomic E-state index is 1.03. The second-order valence-corrected chi connectivity index (χ2v) is 4.78. The summed E-state index contributed by atoms with van der Waals surface area (Å²) in [5.74, 6) is 1.03. The van der Waals surface area contributed by atoms with E-state index in [1.807, 2.05) is 12.1 Å². The topological polar surface area (TPSA) is 17.8 Å². The van der Waals surface area contributed by atoms with Crippen LogP contribution < -0.4 is 0 Å². The third-order valence-electron chi connectivity index (χ3n) is 3.55. The Labute approximate surface area is 107 Å². The first-order chi connectivity index (χ1) is 8.66. The number of rotatable bonds is 1. The molecule has 2 aromatic carbocycles. The fourth-order valence-corrected chi connectivity index (χ4v) is 2.28. The number of para-hydroxylation sites is 2. The van der Waals surface area contributed by atoms with Crippen molar-refractivity contribution in [2.24, 2.45) is 7.05 Å². The van der Waals surface area contributed by atoms with Gasteiger partial charge in [0.05, 0.1) is 11.0 Å². The molecule has 90 valence electrons. The van der Waals surface area contributed by atoms with Gasteiger partial charge in [0.2, 0.25) is 0 Å². The molecular weight excluding hydrogens is 220 g/mol. The van der Waals surface area contributed by atoms with Gasteiger partial charge in [0.15, 0.2) is 0 Å². The predicted octanol–water partition coefficient (Wildman–Crippen LogP) is 3.86. The minimum Gasteiger partial charge on any atom is -0.327 e. The van der Waals surface area contributed by atoms with Crippen LogP contribution in [0.4, 0.5) is 0 Å². The molecule has 0 aliphatic carbocycles. The average Bonchev–Trinajstić information content (AvgIpc) is 2.71. The molecule has 0 unspecified atom stereocenters. The van der Waals surface area contributed by atoms with E-state index in [4.69, 9.17) is 4.98 Å². The number of hydrogen-bond donors (Lipinski definition) is 0. The molecule has 1 aromatic heterocycles. The lowest BCUT2D eigenvalue weighted by molar-refractivity contribution is 0.959. The fraction of sp³-hybridized carbons (Fsp3) is 0.188. The predicted molar refractivity (Wildman–Crippen MR) is 75.6 cm³/mol. The van der Waals surface area contributed by atoms with Gasteiger partial charge in [-0.05, 0) is 43.2 Å². The largest absolute Gasteiger partial charge is 0.327 e. The normalized spacial score (nSPS) is 11.1. The highest BCUT2D eigenvalue weighted by atomic mass is 15.1.